The molecule has 0 bridgehead atoms. The number of piperidine rings is 1. The average Bonchev–Trinajstić information content (AvgIpc) is 2.93. The van der Waals surface area contributed by atoms with Gasteiger partial charge in [0.05, 0.1) is 33.1 Å². The fourth-order valence-electron chi connectivity index (χ4n) is 3.90. The summed E-state index contributed by atoms with van der Waals surface area (Å²) < 4.78 is 21.3. The summed E-state index contributed by atoms with van der Waals surface area (Å²) in [6, 6.07) is 5.32. The van der Waals surface area contributed by atoms with Crippen molar-refractivity contribution in [3.8, 4) is 11.5 Å². The van der Waals surface area contributed by atoms with E-state index in [1.165, 1.54) is 13.5 Å². The van der Waals surface area contributed by atoms with Crippen molar-refractivity contribution in [2.45, 2.75) is 26.2 Å². The second-order valence-electron chi connectivity index (χ2n) is 8.28. The Morgan fingerprint density at radius 2 is 1.75 bits per heavy atom. The number of ether oxygens (including phenoxy) is 4. The largest absolute Gasteiger partial charge is 0.490 e. The third-order valence-electron chi connectivity index (χ3n) is 5.76. The molecule has 12 nitrogen and oxygen atoms in total. The van der Waals surface area contributed by atoms with Gasteiger partial charge in [0, 0.05) is 26.2 Å². The molecule has 36 heavy (non-hydrogen) atoms. The molecule has 3 heterocycles. The van der Waals surface area contributed by atoms with Crippen molar-refractivity contribution < 1.29 is 23.7 Å². The summed E-state index contributed by atoms with van der Waals surface area (Å²) in [7, 11) is 1.31. The number of hydrogen-bond donors (Lipinski definition) is 1. The van der Waals surface area contributed by atoms with Gasteiger partial charge in [0.15, 0.2) is 18.1 Å². The Kier molecular flexibility index (Phi) is 9.09. The van der Waals surface area contributed by atoms with Crippen LogP contribution < -0.4 is 24.7 Å². The zero-order valence-electron chi connectivity index (χ0n) is 20.8. The average molecular weight is 500 g/mol. The predicted molar refractivity (Wildman–Crippen MR) is 135 cm³/mol. The molecule has 2 aliphatic heterocycles. The van der Waals surface area contributed by atoms with Gasteiger partial charge in [-0.3, -0.25) is 0 Å². The van der Waals surface area contributed by atoms with Crippen molar-refractivity contribution in [1.82, 2.24) is 15.0 Å². The third-order valence-corrected chi connectivity index (χ3v) is 5.76. The quantitative estimate of drug-likeness (QED) is 0.294. The van der Waals surface area contributed by atoms with Gasteiger partial charge in [-0.15, -0.1) is 0 Å². The summed E-state index contributed by atoms with van der Waals surface area (Å²) in [5.74, 6) is 2.15. The van der Waals surface area contributed by atoms with E-state index >= 15 is 0 Å². The van der Waals surface area contributed by atoms with Crippen LogP contribution in [0.5, 0.6) is 11.5 Å². The van der Waals surface area contributed by atoms with Crippen LogP contribution in [0.2, 0.25) is 0 Å². The molecule has 0 radical (unpaired) electrons. The van der Waals surface area contributed by atoms with Crippen LogP contribution in [0.1, 0.15) is 31.7 Å². The number of morpholine rings is 1. The second-order valence-corrected chi connectivity index (χ2v) is 8.28. The fourth-order valence-corrected chi connectivity index (χ4v) is 3.90. The van der Waals surface area contributed by atoms with Gasteiger partial charge in [-0.1, -0.05) is 0 Å². The Bertz CT molecular complexity index is 1000. The van der Waals surface area contributed by atoms with Gasteiger partial charge < -0.3 is 28.7 Å². The third kappa shape index (κ3) is 6.94. The number of nitrogens with one attached hydrogen (secondary N) is 1. The Hall–Kier alpha value is -3.67. The highest BCUT2D eigenvalue weighted by molar-refractivity contribution is 5.81. The molecular weight excluding hydrogens is 466 g/mol. The van der Waals surface area contributed by atoms with Gasteiger partial charge in [-0.25, -0.2) is 10.2 Å². The minimum absolute atomic E-state index is 0.199. The van der Waals surface area contributed by atoms with E-state index in [9.17, 15) is 4.79 Å². The molecule has 0 unspecified atom stereocenters. The highest BCUT2D eigenvalue weighted by atomic mass is 16.6. The molecule has 2 aromatic rings. The lowest BCUT2D eigenvalue weighted by atomic mass is 10.1. The van der Waals surface area contributed by atoms with Crippen molar-refractivity contribution in [2.24, 2.45) is 5.10 Å². The van der Waals surface area contributed by atoms with Crippen molar-refractivity contribution in [3.05, 3.63) is 23.8 Å². The van der Waals surface area contributed by atoms with E-state index in [0.29, 0.717) is 49.2 Å². The van der Waals surface area contributed by atoms with Crippen LogP contribution in [0, 0.1) is 0 Å². The highest BCUT2D eigenvalue weighted by Gasteiger charge is 2.20. The summed E-state index contributed by atoms with van der Waals surface area (Å²) >= 11 is 0. The summed E-state index contributed by atoms with van der Waals surface area (Å²) in [5.41, 5.74) is 3.73. The number of rotatable bonds is 10. The number of aromatic nitrogens is 3. The van der Waals surface area contributed by atoms with Crippen molar-refractivity contribution in [2.75, 3.05) is 74.9 Å². The Balaban J connectivity index is 1.49. The first-order chi connectivity index (χ1) is 17.7. The maximum Gasteiger partial charge on any atom is 0.343 e. The van der Waals surface area contributed by atoms with Crippen LogP contribution >= 0.6 is 0 Å². The Morgan fingerprint density at radius 3 is 2.44 bits per heavy atom. The number of hydrogen-bond acceptors (Lipinski definition) is 12. The van der Waals surface area contributed by atoms with Crippen molar-refractivity contribution in [3.63, 3.8) is 0 Å². The second kappa shape index (κ2) is 12.9. The first kappa shape index (κ1) is 25.4. The van der Waals surface area contributed by atoms with Gasteiger partial charge in [0.25, 0.3) is 0 Å². The Morgan fingerprint density at radius 1 is 1.03 bits per heavy atom. The highest BCUT2D eigenvalue weighted by Crippen LogP contribution is 2.28. The maximum absolute atomic E-state index is 11.4. The van der Waals surface area contributed by atoms with Gasteiger partial charge in [0.2, 0.25) is 17.8 Å². The molecule has 0 aliphatic carbocycles. The summed E-state index contributed by atoms with van der Waals surface area (Å²) in [6.45, 7) is 6.74. The summed E-state index contributed by atoms with van der Waals surface area (Å²) in [4.78, 5) is 29.7. The molecule has 194 valence electrons. The predicted octanol–water partition coefficient (Wildman–Crippen LogP) is 2.09. The summed E-state index contributed by atoms with van der Waals surface area (Å²) in [5, 5.41) is 4.34. The number of benzene rings is 1. The molecule has 1 aromatic heterocycles. The molecule has 2 saturated heterocycles. The lowest BCUT2D eigenvalue weighted by Gasteiger charge is -2.30. The molecule has 12 heteroatoms. The van der Waals surface area contributed by atoms with Crippen LogP contribution in [-0.4, -0.2) is 86.9 Å². The minimum Gasteiger partial charge on any atom is -0.490 e. The van der Waals surface area contributed by atoms with Gasteiger partial charge >= 0.3 is 5.97 Å². The number of carbonyl (C=O) groups excluding carboxylic acids is 1. The molecule has 1 N–H and O–H groups in total. The smallest absolute Gasteiger partial charge is 0.343 e. The Labute approximate surface area is 210 Å². The first-order valence-electron chi connectivity index (χ1n) is 12.3. The standard InChI is InChI=1S/C24H33N7O5/c1-3-35-20-15-18(7-8-19(20)36-17-21(32)33-2)16-25-29-22-26-23(30-9-5-4-6-10-30)28-24(27-22)31-11-13-34-14-12-31/h7-8,15-16H,3-6,9-14,17H2,1-2H3,(H,26,27,28,29)/b25-16-. The van der Waals surface area contributed by atoms with Crippen LogP contribution in [-0.2, 0) is 14.3 Å². The van der Waals surface area contributed by atoms with Crippen molar-refractivity contribution >= 4 is 30.0 Å². The number of anilines is 3. The van der Waals surface area contributed by atoms with E-state index < -0.39 is 5.97 Å². The number of nitrogens with zero attached hydrogens (tertiary/aromatic N) is 6. The van der Waals surface area contributed by atoms with Crippen LogP contribution in [0.3, 0.4) is 0 Å². The van der Waals surface area contributed by atoms with Gasteiger partial charge in [-0.05, 0) is 49.9 Å². The first-order valence-corrected chi connectivity index (χ1v) is 12.3. The number of hydrazone groups is 1. The van der Waals surface area contributed by atoms with E-state index in [2.05, 4.69) is 35.0 Å². The van der Waals surface area contributed by atoms with E-state index in [1.807, 2.05) is 13.0 Å². The lowest BCUT2D eigenvalue weighted by Crippen LogP contribution is -2.38. The van der Waals surface area contributed by atoms with E-state index in [4.69, 9.17) is 19.2 Å². The van der Waals surface area contributed by atoms with Crippen LogP contribution in [0.15, 0.2) is 23.3 Å². The summed E-state index contributed by atoms with van der Waals surface area (Å²) in [6.07, 6.45) is 5.12. The molecule has 2 fully saturated rings. The molecule has 4 rings (SSSR count). The zero-order valence-corrected chi connectivity index (χ0v) is 20.8. The molecule has 0 spiro atoms. The van der Waals surface area contributed by atoms with Gasteiger partial charge in [0.1, 0.15) is 0 Å². The SMILES string of the molecule is CCOc1cc(/C=N\Nc2nc(N3CCCCC3)nc(N3CCOCC3)n2)ccc1OCC(=O)OC. The number of methoxy groups -OCH3 is 1. The molecule has 0 amide bonds. The molecule has 0 saturated carbocycles. The molecular formula is C24H33N7O5. The topological polar surface area (TPSA) is 124 Å². The van der Waals surface area contributed by atoms with E-state index in [-0.39, 0.29) is 6.61 Å². The van der Waals surface area contributed by atoms with Crippen molar-refractivity contribution in [1.29, 1.82) is 0 Å². The molecule has 1 aromatic carbocycles. The van der Waals surface area contributed by atoms with Crippen LogP contribution in [0.4, 0.5) is 17.8 Å². The minimum atomic E-state index is -0.468. The number of carbonyl (C=O) groups is 1. The molecule has 2 aliphatic rings. The van der Waals surface area contributed by atoms with Crippen LogP contribution in [0.25, 0.3) is 0 Å². The lowest BCUT2D eigenvalue weighted by molar-refractivity contribution is -0.142. The van der Waals surface area contributed by atoms with E-state index in [0.717, 1.165) is 44.6 Å². The fraction of sp³-hybridized carbons (Fsp3) is 0.542. The zero-order chi connectivity index (χ0) is 25.2. The number of esters is 1. The van der Waals surface area contributed by atoms with Gasteiger partial charge in [-0.2, -0.15) is 20.1 Å². The monoisotopic (exact) mass is 499 g/mol. The maximum atomic E-state index is 11.4. The normalized spacial score (nSPS) is 16.2. The molecule has 0 atom stereocenters. The van der Waals surface area contributed by atoms with E-state index in [1.54, 1.807) is 18.3 Å².